The second-order valence-electron chi connectivity index (χ2n) is 5.14. The van der Waals surface area contributed by atoms with E-state index in [0.29, 0.717) is 24.6 Å². The Kier molecular flexibility index (Phi) is 5.83. The summed E-state index contributed by atoms with van der Waals surface area (Å²) >= 11 is 0. The predicted molar refractivity (Wildman–Crippen MR) is 79.1 cm³/mol. The molecule has 1 aromatic rings. The first-order valence-electron chi connectivity index (χ1n) is 6.68. The lowest BCUT2D eigenvalue weighted by Crippen LogP contribution is -2.20. The molecule has 1 rings (SSSR count). The van der Waals surface area contributed by atoms with Crippen molar-refractivity contribution in [1.29, 1.82) is 0 Å². The zero-order chi connectivity index (χ0) is 14.4. The van der Waals surface area contributed by atoms with E-state index in [9.17, 15) is 4.79 Å². The minimum absolute atomic E-state index is 0.0512. The van der Waals surface area contributed by atoms with Gasteiger partial charge in [0.05, 0.1) is 19.1 Å². The normalized spacial score (nSPS) is 12.5. The second-order valence-corrected chi connectivity index (χ2v) is 5.14. The summed E-state index contributed by atoms with van der Waals surface area (Å²) in [5.41, 5.74) is 8.14. The van der Waals surface area contributed by atoms with Crippen LogP contribution in [0.2, 0.25) is 0 Å². The van der Waals surface area contributed by atoms with Crippen LogP contribution in [0.15, 0.2) is 18.2 Å². The molecule has 0 aliphatic rings. The van der Waals surface area contributed by atoms with Crippen LogP contribution in [-0.4, -0.2) is 18.6 Å². The van der Waals surface area contributed by atoms with E-state index >= 15 is 0 Å². The Morgan fingerprint density at radius 2 is 2.05 bits per heavy atom. The van der Waals surface area contributed by atoms with Crippen LogP contribution < -0.4 is 11.1 Å². The zero-order valence-electron chi connectivity index (χ0n) is 12.2. The van der Waals surface area contributed by atoms with E-state index < -0.39 is 0 Å². The molecule has 1 aromatic carbocycles. The summed E-state index contributed by atoms with van der Waals surface area (Å²) in [7, 11) is 0. The number of hydrogen-bond acceptors (Lipinski definition) is 3. The van der Waals surface area contributed by atoms with Gasteiger partial charge in [-0.3, -0.25) is 4.79 Å². The fraction of sp³-hybridized carbons (Fsp3) is 0.533. The molecule has 106 valence electrons. The molecule has 0 heterocycles. The minimum Gasteiger partial charge on any atom is -0.398 e. The average Bonchev–Trinajstić information content (AvgIpc) is 2.34. The standard InChI is InChI=1S/C15H24N2O2/c1-10(2)12(4)19-9-8-15(18)17-14-7-5-6-13(16)11(14)3/h5-7,10,12H,8-9,16H2,1-4H3,(H,17,18). The number of nitrogen functional groups attached to an aromatic ring is 1. The molecule has 1 amide bonds. The van der Waals surface area contributed by atoms with Crippen LogP contribution in [0.3, 0.4) is 0 Å². The Balaban J connectivity index is 2.41. The molecule has 1 unspecified atom stereocenters. The molecule has 0 spiro atoms. The molecule has 0 bridgehead atoms. The molecule has 3 N–H and O–H groups in total. The van der Waals surface area contributed by atoms with Crippen molar-refractivity contribution in [2.24, 2.45) is 5.92 Å². The number of carbonyl (C=O) groups excluding carboxylic acids is 1. The van der Waals surface area contributed by atoms with Gasteiger partial charge in [-0.15, -0.1) is 0 Å². The average molecular weight is 264 g/mol. The summed E-state index contributed by atoms with van der Waals surface area (Å²) in [6.45, 7) is 8.54. The molecule has 0 radical (unpaired) electrons. The van der Waals surface area contributed by atoms with Crippen LogP contribution in [0, 0.1) is 12.8 Å². The maximum absolute atomic E-state index is 11.8. The number of hydrogen-bond donors (Lipinski definition) is 2. The fourth-order valence-corrected chi connectivity index (χ4v) is 1.53. The topological polar surface area (TPSA) is 64.3 Å². The molecule has 0 fully saturated rings. The van der Waals surface area contributed by atoms with Crippen molar-refractivity contribution in [3.63, 3.8) is 0 Å². The number of rotatable bonds is 6. The van der Waals surface area contributed by atoms with Crippen molar-refractivity contribution >= 4 is 17.3 Å². The highest BCUT2D eigenvalue weighted by Gasteiger charge is 2.09. The highest BCUT2D eigenvalue weighted by atomic mass is 16.5. The molecule has 0 aliphatic heterocycles. The number of nitrogens with one attached hydrogen (secondary N) is 1. The number of nitrogens with two attached hydrogens (primary N) is 1. The largest absolute Gasteiger partial charge is 0.398 e. The van der Waals surface area contributed by atoms with Crippen LogP contribution >= 0.6 is 0 Å². The summed E-state index contributed by atoms with van der Waals surface area (Å²) in [6.07, 6.45) is 0.521. The molecule has 0 saturated carbocycles. The van der Waals surface area contributed by atoms with Crippen molar-refractivity contribution in [1.82, 2.24) is 0 Å². The zero-order valence-corrected chi connectivity index (χ0v) is 12.2. The van der Waals surface area contributed by atoms with Crippen molar-refractivity contribution in [3.8, 4) is 0 Å². The Morgan fingerprint density at radius 1 is 1.37 bits per heavy atom. The molecule has 0 aromatic heterocycles. The summed E-state index contributed by atoms with van der Waals surface area (Å²) in [5.74, 6) is 0.406. The first-order valence-corrected chi connectivity index (χ1v) is 6.68. The summed E-state index contributed by atoms with van der Waals surface area (Å²) in [5, 5.41) is 2.86. The summed E-state index contributed by atoms with van der Waals surface area (Å²) in [4.78, 5) is 11.8. The highest BCUT2D eigenvalue weighted by molar-refractivity contribution is 5.92. The van der Waals surface area contributed by atoms with Gasteiger partial charge in [-0.05, 0) is 37.5 Å². The number of anilines is 2. The molecule has 0 saturated heterocycles. The van der Waals surface area contributed by atoms with Crippen LogP contribution in [0.5, 0.6) is 0 Å². The molecule has 1 atom stereocenters. The quantitative estimate of drug-likeness (QED) is 0.776. The third-order valence-corrected chi connectivity index (χ3v) is 3.30. The van der Waals surface area contributed by atoms with Gasteiger partial charge < -0.3 is 15.8 Å². The van der Waals surface area contributed by atoms with Crippen molar-refractivity contribution in [2.75, 3.05) is 17.7 Å². The van der Waals surface area contributed by atoms with E-state index in [0.717, 1.165) is 11.3 Å². The maximum Gasteiger partial charge on any atom is 0.226 e. The summed E-state index contributed by atoms with van der Waals surface area (Å²) in [6, 6.07) is 5.49. The van der Waals surface area contributed by atoms with Crippen LogP contribution in [0.1, 0.15) is 32.8 Å². The van der Waals surface area contributed by atoms with E-state index in [1.807, 2.05) is 32.0 Å². The van der Waals surface area contributed by atoms with Gasteiger partial charge in [0, 0.05) is 11.4 Å². The van der Waals surface area contributed by atoms with E-state index in [1.54, 1.807) is 0 Å². The Hall–Kier alpha value is -1.55. The Labute approximate surface area is 115 Å². The monoisotopic (exact) mass is 264 g/mol. The number of benzene rings is 1. The van der Waals surface area contributed by atoms with Gasteiger partial charge in [-0.1, -0.05) is 19.9 Å². The molecule has 0 aliphatic carbocycles. The minimum atomic E-state index is -0.0512. The molecule has 4 heteroatoms. The summed E-state index contributed by atoms with van der Waals surface area (Å²) < 4.78 is 5.58. The predicted octanol–water partition coefficient (Wildman–Crippen LogP) is 2.97. The number of amides is 1. The molecular weight excluding hydrogens is 240 g/mol. The van der Waals surface area contributed by atoms with Crippen molar-refractivity contribution in [2.45, 2.75) is 40.2 Å². The molecule has 4 nitrogen and oxygen atoms in total. The maximum atomic E-state index is 11.8. The first kappa shape index (κ1) is 15.5. The van der Waals surface area contributed by atoms with E-state index in [2.05, 4.69) is 19.2 Å². The van der Waals surface area contributed by atoms with Crippen molar-refractivity contribution < 1.29 is 9.53 Å². The van der Waals surface area contributed by atoms with Gasteiger partial charge in [0.25, 0.3) is 0 Å². The lowest BCUT2D eigenvalue weighted by Gasteiger charge is -2.16. The number of ether oxygens (including phenoxy) is 1. The van der Waals surface area contributed by atoms with Crippen LogP contribution in [0.25, 0.3) is 0 Å². The third-order valence-electron chi connectivity index (χ3n) is 3.30. The van der Waals surface area contributed by atoms with Gasteiger partial charge in [-0.2, -0.15) is 0 Å². The van der Waals surface area contributed by atoms with Crippen LogP contribution in [0.4, 0.5) is 11.4 Å². The lowest BCUT2D eigenvalue weighted by atomic mass is 10.1. The SMILES string of the molecule is Cc1c(N)cccc1NC(=O)CCOC(C)C(C)C. The van der Waals surface area contributed by atoms with Gasteiger partial charge in [0.1, 0.15) is 0 Å². The Bertz CT molecular complexity index is 430. The van der Waals surface area contributed by atoms with Crippen LogP contribution in [-0.2, 0) is 9.53 Å². The second kappa shape index (κ2) is 7.14. The van der Waals surface area contributed by atoms with Gasteiger partial charge in [0.2, 0.25) is 5.91 Å². The third kappa shape index (κ3) is 4.91. The van der Waals surface area contributed by atoms with Gasteiger partial charge in [-0.25, -0.2) is 0 Å². The number of carbonyl (C=O) groups is 1. The smallest absolute Gasteiger partial charge is 0.226 e. The van der Waals surface area contributed by atoms with E-state index in [-0.39, 0.29) is 12.0 Å². The first-order chi connectivity index (χ1) is 8.91. The van der Waals surface area contributed by atoms with Crippen molar-refractivity contribution in [3.05, 3.63) is 23.8 Å². The van der Waals surface area contributed by atoms with E-state index in [4.69, 9.17) is 10.5 Å². The molecule has 19 heavy (non-hydrogen) atoms. The highest BCUT2D eigenvalue weighted by Crippen LogP contribution is 2.20. The van der Waals surface area contributed by atoms with Gasteiger partial charge >= 0.3 is 0 Å². The van der Waals surface area contributed by atoms with E-state index in [1.165, 1.54) is 0 Å². The fourth-order valence-electron chi connectivity index (χ4n) is 1.53. The molecular formula is C15H24N2O2. The lowest BCUT2D eigenvalue weighted by molar-refractivity contribution is -0.117. The Morgan fingerprint density at radius 3 is 2.68 bits per heavy atom. The van der Waals surface area contributed by atoms with Gasteiger partial charge in [0.15, 0.2) is 0 Å².